The lowest BCUT2D eigenvalue weighted by Gasteiger charge is -2.13. The molecule has 0 N–H and O–H groups in total. The van der Waals surface area contributed by atoms with E-state index < -0.39 is 16.8 Å². The van der Waals surface area contributed by atoms with Gasteiger partial charge in [-0.05, 0) is 36.8 Å². The number of halogens is 2. The highest BCUT2D eigenvalue weighted by molar-refractivity contribution is 6.31. The summed E-state index contributed by atoms with van der Waals surface area (Å²) in [6, 6.07) is 10.7. The van der Waals surface area contributed by atoms with Crippen molar-refractivity contribution in [3.8, 4) is 11.4 Å². The number of hydrogen-bond acceptors (Lipinski definition) is 4. The minimum atomic E-state index is -0.549. The van der Waals surface area contributed by atoms with Crippen LogP contribution in [0.5, 0.6) is 0 Å². The topological polar surface area (TPSA) is 65.1 Å². The van der Waals surface area contributed by atoms with Gasteiger partial charge in [-0.25, -0.2) is 4.39 Å². The minimum absolute atomic E-state index is 0.115. The summed E-state index contributed by atoms with van der Waals surface area (Å²) in [4.78, 5) is 30.5. The van der Waals surface area contributed by atoms with Crippen molar-refractivity contribution in [1.82, 2.24) is 9.55 Å². The Morgan fingerprint density at radius 3 is 2.71 bits per heavy atom. The summed E-state index contributed by atoms with van der Waals surface area (Å²) < 4.78 is 21.5. The lowest BCUT2D eigenvalue weighted by Crippen LogP contribution is -2.28. The van der Waals surface area contributed by atoms with Gasteiger partial charge in [0.15, 0.2) is 5.39 Å². The predicted octanol–water partition coefficient (Wildman–Crippen LogP) is 4.76. The molecule has 142 valence electrons. The van der Waals surface area contributed by atoms with E-state index in [2.05, 4.69) is 4.98 Å². The number of rotatable bonds is 4. The normalized spacial score (nSPS) is 11.4. The minimum Gasteiger partial charge on any atom is -0.437 e. The fourth-order valence-electron chi connectivity index (χ4n) is 3.18. The number of fused-ring (bicyclic) bond motifs is 2. The summed E-state index contributed by atoms with van der Waals surface area (Å²) >= 11 is 5.98. The zero-order valence-corrected chi connectivity index (χ0v) is 15.8. The number of unbranched alkanes of at least 4 members (excludes halogenated alkanes) is 1. The van der Waals surface area contributed by atoms with Gasteiger partial charge in [0.05, 0.1) is 10.9 Å². The van der Waals surface area contributed by atoms with Crippen LogP contribution >= 0.6 is 11.6 Å². The van der Waals surface area contributed by atoms with Crippen molar-refractivity contribution < 1.29 is 8.81 Å². The standard InChI is InChI=1S/C21H16ClFN2O3/c1-2-3-10-25-19(13-6-4-5-7-15(13)23)24-20-17(21(25)27)18(26)14-11-12(22)8-9-16(14)28-20/h4-9,11H,2-3,10H2,1H3. The van der Waals surface area contributed by atoms with E-state index >= 15 is 0 Å². The molecular formula is C21H16ClFN2O3. The Balaban J connectivity index is 2.14. The first kappa shape index (κ1) is 18.4. The molecule has 0 unspecified atom stereocenters. The first-order valence-corrected chi connectivity index (χ1v) is 9.31. The van der Waals surface area contributed by atoms with Crippen molar-refractivity contribution in [2.45, 2.75) is 26.3 Å². The van der Waals surface area contributed by atoms with Crippen LogP contribution in [0.15, 0.2) is 56.5 Å². The Hall–Kier alpha value is -2.99. The van der Waals surface area contributed by atoms with E-state index in [9.17, 15) is 14.0 Å². The molecule has 2 aromatic carbocycles. The van der Waals surface area contributed by atoms with Crippen LogP contribution in [0, 0.1) is 5.82 Å². The van der Waals surface area contributed by atoms with Gasteiger partial charge in [-0.15, -0.1) is 0 Å². The summed E-state index contributed by atoms with van der Waals surface area (Å²) in [6.07, 6.45) is 1.50. The molecule has 0 saturated heterocycles. The van der Waals surface area contributed by atoms with Crippen LogP contribution < -0.4 is 11.0 Å². The smallest absolute Gasteiger partial charge is 0.269 e. The molecule has 4 aromatic rings. The number of nitrogens with zero attached hydrogens (tertiary/aromatic N) is 2. The maximum atomic E-state index is 14.4. The van der Waals surface area contributed by atoms with Crippen LogP contribution in [-0.4, -0.2) is 9.55 Å². The number of hydrogen-bond donors (Lipinski definition) is 0. The van der Waals surface area contributed by atoms with Crippen LogP contribution in [0.4, 0.5) is 4.39 Å². The van der Waals surface area contributed by atoms with Gasteiger partial charge in [-0.1, -0.05) is 37.1 Å². The van der Waals surface area contributed by atoms with E-state index in [-0.39, 0.29) is 33.5 Å². The largest absolute Gasteiger partial charge is 0.437 e. The van der Waals surface area contributed by atoms with Gasteiger partial charge in [0.2, 0.25) is 11.1 Å². The van der Waals surface area contributed by atoms with E-state index in [1.165, 1.54) is 16.7 Å². The molecule has 0 aliphatic rings. The van der Waals surface area contributed by atoms with E-state index in [1.807, 2.05) is 6.92 Å². The second-order valence-corrected chi connectivity index (χ2v) is 6.91. The molecule has 0 radical (unpaired) electrons. The maximum Gasteiger partial charge on any atom is 0.269 e. The maximum absolute atomic E-state index is 14.4. The molecule has 28 heavy (non-hydrogen) atoms. The van der Waals surface area contributed by atoms with Crippen molar-refractivity contribution in [2.75, 3.05) is 0 Å². The summed E-state index contributed by atoms with van der Waals surface area (Å²) in [6.45, 7) is 2.29. The molecule has 0 atom stereocenters. The molecule has 7 heteroatoms. The third-order valence-corrected chi connectivity index (χ3v) is 4.84. The van der Waals surface area contributed by atoms with Crippen molar-refractivity contribution in [3.63, 3.8) is 0 Å². The monoisotopic (exact) mass is 398 g/mol. The van der Waals surface area contributed by atoms with Gasteiger partial charge >= 0.3 is 0 Å². The van der Waals surface area contributed by atoms with Crippen LogP contribution in [0.3, 0.4) is 0 Å². The predicted molar refractivity (Wildman–Crippen MR) is 107 cm³/mol. The third-order valence-electron chi connectivity index (χ3n) is 4.61. The molecule has 0 fully saturated rings. The molecule has 0 bridgehead atoms. The van der Waals surface area contributed by atoms with Crippen LogP contribution in [0.1, 0.15) is 19.8 Å². The van der Waals surface area contributed by atoms with E-state index in [1.54, 1.807) is 30.3 Å². The Morgan fingerprint density at radius 2 is 1.96 bits per heavy atom. The lowest BCUT2D eigenvalue weighted by atomic mass is 10.1. The second kappa shape index (κ2) is 7.20. The van der Waals surface area contributed by atoms with Crippen molar-refractivity contribution in [3.05, 3.63) is 73.9 Å². The van der Waals surface area contributed by atoms with Crippen LogP contribution in [0.25, 0.3) is 33.5 Å². The highest BCUT2D eigenvalue weighted by atomic mass is 35.5. The fourth-order valence-corrected chi connectivity index (χ4v) is 3.35. The van der Waals surface area contributed by atoms with Gasteiger partial charge in [-0.3, -0.25) is 14.2 Å². The van der Waals surface area contributed by atoms with E-state index in [0.717, 1.165) is 6.42 Å². The van der Waals surface area contributed by atoms with Gasteiger partial charge in [0.25, 0.3) is 5.56 Å². The van der Waals surface area contributed by atoms with Gasteiger partial charge in [0, 0.05) is 11.6 Å². The number of benzene rings is 2. The summed E-state index contributed by atoms with van der Waals surface area (Å²) in [5.74, 6) is -0.366. The molecule has 0 amide bonds. The Morgan fingerprint density at radius 1 is 1.18 bits per heavy atom. The fraction of sp³-hybridized carbons (Fsp3) is 0.190. The quantitative estimate of drug-likeness (QED) is 0.465. The third kappa shape index (κ3) is 2.99. The van der Waals surface area contributed by atoms with Crippen molar-refractivity contribution >= 4 is 33.7 Å². The van der Waals surface area contributed by atoms with Gasteiger partial charge in [0.1, 0.15) is 17.2 Å². The van der Waals surface area contributed by atoms with Crippen LogP contribution in [-0.2, 0) is 6.54 Å². The molecular weight excluding hydrogens is 383 g/mol. The second-order valence-electron chi connectivity index (χ2n) is 6.48. The first-order valence-electron chi connectivity index (χ1n) is 8.93. The zero-order chi connectivity index (χ0) is 19.8. The molecule has 0 aliphatic carbocycles. The summed E-state index contributed by atoms with van der Waals surface area (Å²) in [5.41, 5.74) is -0.721. The molecule has 0 aliphatic heterocycles. The Labute approximate surface area is 164 Å². The molecule has 0 saturated carbocycles. The lowest BCUT2D eigenvalue weighted by molar-refractivity contribution is 0.590. The first-order chi connectivity index (χ1) is 13.5. The van der Waals surface area contributed by atoms with E-state index in [0.29, 0.717) is 18.0 Å². The molecule has 2 heterocycles. The van der Waals surface area contributed by atoms with Crippen molar-refractivity contribution in [1.29, 1.82) is 0 Å². The average Bonchev–Trinajstić information content (AvgIpc) is 2.68. The zero-order valence-electron chi connectivity index (χ0n) is 15.0. The molecule has 0 spiro atoms. The summed E-state index contributed by atoms with van der Waals surface area (Å²) in [5, 5.41) is 0.409. The van der Waals surface area contributed by atoms with Crippen LogP contribution in [0.2, 0.25) is 5.02 Å². The molecule has 2 aromatic heterocycles. The van der Waals surface area contributed by atoms with Gasteiger partial charge in [-0.2, -0.15) is 4.98 Å². The molecule has 5 nitrogen and oxygen atoms in total. The number of aromatic nitrogens is 2. The molecule has 4 rings (SSSR count). The highest BCUT2D eigenvalue weighted by Gasteiger charge is 2.20. The summed E-state index contributed by atoms with van der Waals surface area (Å²) in [7, 11) is 0. The van der Waals surface area contributed by atoms with E-state index in [4.69, 9.17) is 16.0 Å². The average molecular weight is 399 g/mol. The Bertz CT molecular complexity index is 1330. The highest BCUT2D eigenvalue weighted by Crippen LogP contribution is 2.24. The Kier molecular flexibility index (Phi) is 4.73. The SMILES string of the molecule is CCCCn1c(-c2ccccc2F)nc2oc3ccc(Cl)cc3c(=O)c2c1=O. The van der Waals surface area contributed by atoms with Gasteiger partial charge < -0.3 is 4.42 Å². The van der Waals surface area contributed by atoms with Crippen molar-refractivity contribution in [2.24, 2.45) is 0 Å².